The number of hydrogen-bond donors (Lipinski definition) is 2. The summed E-state index contributed by atoms with van der Waals surface area (Å²) in [5.41, 5.74) is 12.0. The molecule has 1 unspecified atom stereocenters. The first kappa shape index (κ1) is 48.5. The van der Waals surface area contributed by atoms with Crippen molar-refractivity contribution in [2.75, 3.05) is 13.2 Å². The van der Waals surface area contributed by atoms with Gasteiger partial charge in [-0.25, -0.2) is 0 Å². The third kappa shape index (κ3) is 13.6. The quantitative estimate of drug-likeness (QED) is 0.106. The second-order valence-corrected chi connectivity index (χ2v) is 21.1. The number of benzene rings is 3. The van der Waals surface area contributed by atoms with E-state index < -0.39 is 11.6 Å². The van der Waals surface area contributed by atoms with Gasteiger partial charge in [0.25, 0.3) is 0 Å². The molecule has 0 saturated carbocycles. The summed E-state index contributed by atoms with van der Waals surface area (Å²) in [6, 6.07) is 18.6. The summed E-state index contributed by atoms with van der Waals surface area (Å²) in [4.78, 5) is 0. The van der Waals surface area contributed by atoms with Gasteiger partial charge in [-0.3, -0.25) is 0 Å². The number of hydrogen-bond acceptors (Lipinski definition) is 4. The fraction of sp³-hybridized carbons (Fsp3) is 0.660. The second kappa shape index (κ2) is 20.9. The van der Waals surface area contributed by atoms with Crippen LogP contribution in [0, 0.1) is 0 Å². The molecule has 0 saturated heterocycles. The van der Waals surface area contributed by atoms with E-state index in [1.165, 1.54) is 64.2 Å². The molecule has 3 N–H and O–H groups in total. The Hall–Kier alpha value is -2.82. The molecule has 0 aliphatic carbocycles. The Balaban J connectivity index is 2.34. The Morgan fingerprint density at radius 2 is 0.807 bits per heavy atom. The van der Waals surface area contributed by atoms with Crippen molar-refractivity contribution in [1.29, 1.82) is 0 Å². The lowest BCUT2D eigenvalue weighted by Gasteiger charge is -2.40. The minimum absolute atomic E-state index is 0.252. The topological polar surface area (TPSA) is 64.7 Å². The fourth-order valence-corrected chi connectivity index (χ4v) is 7.96. The Morgan fingerprint density at radius 3 is 1.12 bits per heavy atom. The zero-order valence-corrected chi connectivity index (χ0v) is 39.2. The van der Waals surface area contributed by atoms with Crippen molar-refractivity contribution in [3.63, 3.8) is 0 Å². The monoisotopic (exact) mass is 784 g/mol. The van der Waals surface area contributed by atoms with Gasteiger partial charge in [0, 0.05) is 28.3 Å². The second-order valence-electron chi connectivity index (χ2n) is 21.1. The van der Waals surface area contributed by atoms with Crippen molar-refractivity contribution >= 4 is 0 Å². The van der Waals surface area contributed by atoms with Crippen LogP contribution in [-0.2, 0) is 33.7 Å². The van der Waals surface area contributed by atoms with Gasteiger partial charge in [-0.2, -0.15) is 0 Å². The van der Waals surface area contributed by atoms with Crippen LogP contribution >= 0.6 is 0 Å². The Morgan fingerprint density at radius 1 is 0.491 bits per heavy atom. The van der Waals surface area contributed by atoms with Gasteiger partial charge in [0.05, 0.1) is 13.2 Å². The molecule has 320 valence electrons. The normalized spacial score (nSPS) is 13.5. The first-order chi connectivity index (χ1) is 26.6. The van der Waals surface area contributed by atoms with E-state index in [1.807, 2.05) is 6.07 Å². The van der Waals surface area contributed by atoms with Crippen LogP contribution in [0.5, 0.6) is 11.5 Å². The van der Waals surface area contributed by atoms with E-state index in [0.717, 1.165) is 63.3 Å². The summed E-state index contributed by atoms with van der Waals surface area (Å²) in [5, 5.41) is 13.9. The molecule has 0 aromatic heterocycles. The fourth-order valence-electron chi connectivity index (χ4n) is 7.96. The highest BCUT2D eigenvalue weighted by molar-refractivity contribution is 5.58. The van der Waals surface area contributed by atoms with Crippen LogP contribution in [0.15, 0.2) is 54.6 Å². The lowest BCUT2D eigenvalue weighted by atomic mass is 9.70. The Labute approximate surface area is 351 Å². The highest BCUT2D eigenvalue weighted by atomic mass is 16.5. The van der Waals surface area contributed by atoms with Gasteiger partial charge in [0.1, 0.15) is 17.1 Å². The largest absolute Gasteiger partial charge is 0.493 e. The zero-order valence-electron chi connectivity index (χ0n) is 39.2. The molecule has 4 heteroatoms. The number of rotatable bonds is 21. The predicted molar refractivity (Wildman–Crippen MR) is 247 cm³/mol. The Kier molecular flexibility index (Phi) is 17.8. The highest BCUT2D eigenvalue weighted by Crippen LogP contribution is 2.48. The molecule has 3 rings (SSSR count). The van der Waals surface area contributed by atoms with Crippen LogP contribution in [0.2, 0.25) is 0 Å². The maximum atomic E-state index is 13.9. The molecule has 0 aliphatic rings. The van der Waals surface area contributed by atoms with E-state index in [-0.39, 0.29) is 21.7 Å². The number of nitrogens with two attached hydrogens (primary N) is 1. The predicted octanol–water partition coefficient (Wildman–Crippen LogP) is 14.2. The average molecular weight is 784 g/mol. The van der Waals surface area contributed by atoms with Crippen LogP contribution in [0.3, 0.4) is 0 Å². The third-order valence-corrected chi connectivity index (χ3v) is 11.6. The molecule has 3 aromatic carbocycles. The van der Waals surface area contributed by atoms with E-state index in [9.17, 15) is 5.11 Å². The number of ether oxygens (including phenoxy) is 2. The molecule has 0 radical (unpaired) electrons. The van der Waals surface area contributed by atoms with Gasteiger partial charge in [0.15, 0.2) is 0 Å². The lowest BCUT2D eigenvalue weighted by molar-refractivity contribution is 0.0509. The molecule has 1 atom stereocenters. The van der Waals surface area contributed by atoms with Crippen molar-refractivity contribution in [2.24, 2.45) is 5.73 Å². The molecule has 3 aromatic rings. The minimum atomic E-state index is -1.54. The maximum Gasteiger partial charge on any atom is 0.130 e. The van der Waals surface area contributed by atoms with Crippen molar-refractivity contribution in [3.05, 3.63) is 93.5 Å². The summed E-state index contributed by atoms with van der Waals surface area (Å²) in [6.07, 6.45) is 15.1. The number of unbranched alkanes of at least 4 members (excludes halogenated alkanes) is 10. The molecule has 0 spiro atoms. The van der Waals surface area contributed by atoms with E-state index in [0.29, 0.717) is 19.6 Å². The van der Waals surface area contributed by atoms with Crippen molar-refractivity contribution < 1.29 is 14.6 Å². The molecule has 0 amide bonds. The average Bonchev–Trinajstić information content (AvgIpc) is 3.12. The smallest absolute Gasteiger partial charge is 0.130 e. The Bertz CT molecular complexity index is 1480. The van der Waals surface area contributed by atoms with Crippen molar-refractivity contribution in [2.45, 2.75) is 214 Å². The SMILES string of the molecule is CCCCCCCCOc1c(C(C)(C)C)cc(C(O)(c2cc(C(C)(C)C)c(OCCCCCCCC)c(C(C)(C)C)c2)C(N)Cc2ccccc2)cc1C(C)(C)C. The molecule has 0 bridgehead atoms. The van der Waals surface area contributed by atoms with E-state index in [1.54, 1.807) is 0 Å². The molecule has 4 nitrogen and oxygen atoms in total. The van der Waals surface area contributed by atoms with Gasteiger partial charge >= 0.3 is 0 Å². The lowest BCUT2D eigenvalue weighted by Crippen LogP contribution is -2.48. The third-order valence-electron chi connectivity index (χ3n) is 11.6. The number of aliphatic hydroxyl groups is 1. The van der Waals surface area contributed by atoms with Crippen molar-refractivity contribution in [1.82, 2.24) is 0 Å². The zero-order chi connectivity index (χ0) is 42.7. The van der Waals surface area contributed by atoms with Crippen molar-refractivity contribution in [3.8, 4) is 11.5 Å². The van der Waals surface area contributed by atoms with Gasteiger partial charge in [-0.1, -0.05) is 191 Å². The van der Waals surface area contributed by atoms with E-state index in [2.05, 4.69) is 145 Å². The first-order valence-electron chi connectivity index (χ1n) is 22.7. The summed E-state index contributed by atoms with van der Waals surface area (Å²) >= 11 is 0. The summed E-state index contributed by atoms with van der Waals surface area (Å²) in [5.74, 6) is 1.91. The molecule has 0 heterocycles. The summed E-state index contributed by atoms with van der Waals surface area (Å²) in [7, 11) is 0. The molecular formula is C53H85NO3. The molecular weight excluding hydrogens is 699 g/mol. The maximum absolute atomic E-state index is 13.9. The van der Waals surface area contributed by atoms with E-state index in [4.69, 9.17) is 15.2 Å². The molecule has 0 aliphatic heterocycles. The van der Waals surface area contributed by atoms with Gasteiger partial charge < -0.3 is 20.3 Å². The van der Waals surface area contributed by atoms with Crippen LogP contribution in [-0.4, -0.2) is 24.4 Å². The van der Waals surface area contributed by atoms with Gasteiger partial charge in [-0.15, -0.1) is 0 Å². The first-order valence-corrected chi connectivity index (χ1v) is 22.7. The van der Waals surface area contributed by atoms with Crippen LogP contribution in [0.4, 0.5) is 0 Å². The summed E-state index contributed by atoms with van der Waals surface area (Å²) in [6.45, 7) is 32.9. The van der Waals surface area contributed by atoms with Crippen LogP contribution < -0.4 is 15.2 Å². The molecule has 0 fully saturated rings. The molecule has 57 heavy (non-hydrogen) atoms. The van der Waals surface area contributed by atoms with Gasteiger partial charge in [0.2, 0.25) is 0 Å². The standard InChI is InChI=1S/C53H85NO3/c1-15-17-19-21-23-28-32-56-47-42(49(3,4)5)35-40(36-43(47)50(6,7)8)53(55,46(54)34-39-30-26-25-27-31-39)41-37-44(51(9,10)11)48(45(38-41)52(12,13)14)57-33-29-24-22-20-18-16-2/h25-27,30-31,35-38,46,55H,15-24,28-29,32-34,54H2,1-14H3. The van der Waals surface area contributed by atoms with Crippen LogP contribution in [0.25, 0.3) is 0 Å². The van der Waals surface area contributed by atoms with Gasteiger partial charge in [-0.05, 0) is 81.9 Å². The highest BCUT2D eigenvalue weighted by Gasteiger charge is 2.43. The van der Waals surface area contributed by atoms with Crippen LogP contribution in [0.1, 0.15) is 213 Å². The minimum Gasteiger partial charge on any atom is -0.493 e. The van der Waals surface area contributed by atoms with E-state index >= 15 is 0 Å². The summed E-state index contributed by atoms with van der Waals surface area (Å²) < 4.78 is 13.7.